The third-order valence-electron chi connectivity index (χ3n) is 3.45. The van der Waals surface area contributed by atoms with E-state index in [0.717, 1.165) is 24.5 Å². The highest BCUT2D eigenvalue weighted by molar-refractivity contribution is 14.0. The number of hydrogen-bond donors (Lipinski definition) is 2. The van der Waals surface area contributed by atoms with E-state index in [1.165, 1.54) is 20.0 Å². The summed E-state index contributed by atoms with van der Waals surface area (Å²) in [6, 6.07) is 5.03. The average molecular weight is 471 g/mol. The zero-order valence-corrected chi connectivity index (χ0v) is 17.3. The van der Waals surface area contributed by atoms with E-state index in [1.807, 2.05) is 6.07 Å². The van der Waals surface area contributed by atoms with Crippen LogP contribution in [0.3, 0.4) is 0 Å². The van der Waals surface area contributed by atoms with Crippen molar-refractivity contribution in [2.24, 2.45) is 4.99 Å². The van der Waals surface area contributed by atoms with E-state index < -0.39 is 6.61 Å². The SMILES string of the molecule is CCCCCNC(=NC)NCCc1ccc(OC)c(OC(F)F)c1.I. The molecule has 0 saturated heterocycles. The lowest BCUT2D eigenvalue weighted by Gasteiger charge is -2.13. The second kappa shape index (κ2) is 13.9. The molecule has 0 unspecified atom stereocenters. The van der Waals surface area contributed by atoms with E-state index in [-0.39, 0.29) is 29.7 Å². The van der Waals surface area contributed by atoms with Gasteiger partial charge in [0.15, 0.2) is 17.5 Å². The summed E-state index contributed by atoms with van der Waals surface area (Å²) in [5.74, 6) is 1.08. The van der Waals surface area contributed by atoms with E-state index in [2.05, 4.69) is 27.3 Å². The van der Waals surface area contributed by atoms with Gasteiger partial charge in [-0.1, -0.05) is 25.8 Å². The van der Waals surface area contributed by atoms with Gasteiger partial charge in [0, 0.05) is 20.1 Å². The first-order valence-corrected chi connectivity index (χ1v) is 8.17. The van der Waals surface area contributed by atoms with Gasteiger partial charge in [-0.05, 0) is 30.5 Å². The Morgan fingerprint density at radius 2 is 1.88 bits per heavy atom. The van der Waals surface area contributed by atoms with Gasteiger partial charge in [-0.2, -0.15) is 8.78 Å². The maximum atomic E-state index is 12.4. The molecule has 1 rings (SSSR count). The molecule has 0 saturated carbocycles. The summed E-state index contributed by atoms with van der Waals surface area (Å²) in [7, 11) is 3.14. The number of ether oxygens (including phenoxy) is 2. The van der Waals surface area contributed by atoms with Gasteiger partial charge in [0.25, 0.3) is 0 Å². The molecule has 0 aliphatic heterocycles. The number of nitrogens with one attached hydrogen (secondary N) is 2. The summed E-state index contributed by atoms with van der Waals surface area (Å²) in [5.41, 5.74) is 0.875. The zero-order chi connectivity index (χ0) is 17.8. The molecule has 0 atom stereocenters. The van der Waals surface area contributed by atoms with Crippen LogP contribution in [0.25, 0.3) is 0 Å². The van der Waals surface area contributed by atoms with E-state index in [0.29, 0.717) is 18.7 Å². The molecule has 0 spiro atoms. The summed E-state index contributed by atoms with van der Waals surface area (Å²) < 4.78 is 34.4. The molecule has 0 radical (unpaired) electrons. The predicted molar refractivity (Wildman–Crippen MR) is 108 cm³/mol. The molecule has 8 heteroatoms. The van der Waals surface area contributed by atoms with Crippen molar-refractivity contribution >= 4 is 29.9 Å². The molecule has 1 aromatic rings. The van der Waals surface area contributed by atoms with Crippen molar-refractivity contribution in [1.82, 2.24) is 10.6 Å². The minimum atomic E-state index is -2.88. The normalized spacial score (nSPS) is 11.0. The number of methoxy groups -OCH3 is 1. The summed E-state index contributed by atoms with van der Waals surface area (Å²) in [6.45, 7) is 0.794. The molecule has 0 aliphatic rings. The number of rotatable bonds is 10. The Morgan fingerprint density at radius 3 is 2.48 bits per heavy atom. The Kier molecular flexibility index (Phi) is 13.2. The monoisotopic (exact) mass is 471 g/mol. The molecular weight excluding hydrogens is 443 g/mol. The number of halogens is 3. The van der Waals surface area contributed by atoms with Crippen LogP contribution in [0.15, 0.2) is 23.2 Å². The van der Waals surface area contributed by atoms with Crippen molar-refractivity contribution in [3.63, 3.8) is 0 Å². The smallest absolute Gasteiger partial charge is 0.387 e. The number of unbranched alkanes of at least 4 members (excludes halogenated alkanes) is 2. The fraction of sp³-hybridized carbons (Fsp3) is 0.588. The van der Waals surface area contributed by atoms with Gasteiger partial charge < -0.3 is 20.1 Å². The van der Waals surface area contributed by atoms with Crippen molar-refractivity contribution in [3.05, 3.63) is 23.8 Å². The fourth-order valence-electron chi connectivity index (χ4n) is 2.19. The number of alkyl halides is 2. The Balaban J connectivity index is 0.00000576. The van der Waals surface area contributed by atoms with Crippen molar-refractivity contribution in [2.45, 2.75) is 39.2 Å². The van der Waals surface area contributed by atoms with E-state index in [4.69, 9.17) is 4.74 Å². The minimum Gasteiger partial charge on any atom is -0.493 e. The van der Waals surface area contributed by atoms with E-state index in [1.54, 1.807) is 19.2 Å². The Labute approximate surface area is 165 Å². The van der Waals surface area contributed by atoms with Crippen LogP contribution >= 0.6 is 24.0 Å². The lowest BCUT2D eigenvalue weighted by molar-refractivity contribution is -0.0512. The molecule has 0 fully saturated rings. The topological polar surface area (TPSA) is 54.9 Å². The summed E-state index contributed by atoms with van der Waals surface area (Å²) in [6.07, 6.45) is 4.11. The van der Waals surface area contributed by atoms with Crippen LogP contribution < -0.4 is 20.1 Å². The first kappa shape index (κ1) is 23.7. The lowest BCUT2D eigenvalue weighted by Crippen LogP contribution is -2.38. The van der Waals surface area contributed by atoms with Gasteiger partial charge in [-0.3, -0.25) is 4.99 Å². The Bertz CT molecular complexity index is 517. The predicted octanol–water partition coefficient (Wildman–Crippen LogP) is 3.81. The maximum Gasteiger partial charge on any atom is 0.387 e. The second-order valence-electron chi connectivity index (χ2n) is 5.25. The summed E-state index contributed by atoms with van der Waals surface area (Å²) >= 11 is 0. The molecule has 1 aromatic carbocycles. The third kappa shape index (κ3) is 9.66. The van der Waals surface area contributed by atoms with Gasteiger partial charge in [-0.15, -0.1) is 24.0 Å². The van der Waals surface area contributed by atoms with Crippen molar-refractivity contribution < 1.29 is 18.3 Å². The van der Waals surface area contributed by atoms with Crippen LogP contribution in [0.2, 0.25) is 0 Å². The van der Waals surface area contributed by atoms with Crippen LogP contribution in [0.4, 0.5) is 8.78 Å². The van der Waals surface area contributed by atoms with Gasteiger partial charge in [0.2, 0.25) is 0 Å². The summed E-state index contributed by atoms with van der Waals surface area (Å²) in [5, 5.41) is 6.44. The zero-order valence-electron chi connectivity index (χ0n) is 15.0. The van der Waals surface area contributed by atoms with Crippen molar-refractivity contribution in [3.8, 4) is 11.5 Å². The molecular formula is C17H28F2IN3O2. The molecule has 0 amide bonds. The highest BCUT2D eigenvalue weighted by Gasteiger charge is 2.11. The third-order valence-corrected chi connectivity index (χ3v) is 3.45. The first-order chi connectivity index (χ1) is 11.6. The Hall–Kier alpha value is -1.32. The number of hydrogen-bond acceptors (Lipinski definition) is 3. The van der Waals surface area contributed by atoms with Crippen molar-refractivity contribution in [1.29, 1.82) is 0 Å². The maximum absolute atomic E-state index is 12.4. The highest BCUT2D eigenvalue weighted by Crippen LogP contribution is 2.29. The molecule has 0 aromatic heterocycles. The number of benzene rings is 1. The number of nitrogens with zero attached hydrogens (tertiary/aromatic N) is 1. The lowest BCUT2D eigenvalue weighted by atomic mass is 10.1. The molecule has 2 N–H and O–H groups in total. The molecule has 144 valence electrons. The first-order valence-electron chi connectivity index (χ1n) is 8.17. The van der Waals surface area contributed by atoms with Gasteiger partial charge >= 0.3 is 6.61 Å². The number of aliphatic imine (C=N–C) groups is 1. The molecule has 0 aliphatic carbocycles. The second-order valence-corrected chi connectivity index (χ2v) is 5.25. The van der Waals surface area contributed by atoms with Crippen molar-refractivity contribution in [2.75, 3.05) is 27.2 Å². The van der Waals surface area contributed by atoms with Crippen LogP contribution in [0, 0.1) is 0 Å². The molecule has 25 heavy (non-hydrogen) atoms. The van der Waals surface area contributed by atoms with E-state index >= 15 is 0 Å². The largest absolute Gasteiger partial charge is 0.493 e. The van der Waals surface area contributed by atoms with Gasteiger partial charge in [0.05, 0.1) is 7.11 Å². The molecule has 0 heterocycles. The standard InChI is InChI=1S/C17H27F2N3O2.HI/c1-4-5-6-10-21-17(20-2)22-11-9-13-7-8-14(23-3)15(12-13)24-16(18)19;/h7-8,12,16H,4-6,9-11H2,1-3H3,(H2,20,21,22);1H. The van der Waals surface area contributed by atoms with Crippen LogP contribution in [-0.4, -0.2) is 39.8 Å². The molecule has 5 nitrogen and oxygen atoms in total. The Morgan fingerprint density at radius 1 is 1.16 bits per heavy atom. The van der Waals surface area contributed by atoms with Crippen LogP contribution in [-0.2, 0) is 6.42 Å². The van der Waals surface area contributed by atoms with Gasteiger partial charge in [0.1, 0.15) is 0 Å². The fourth-order valence-corrected chi connectivity index (χ4v) is 2.19. The van der Waals surface area contributed by atoms with Crippen LogP contribution in [0.1, 0.15) is 31.7 Å². The average Bonchev–Trinajstić information content (AvgIpc) is 2.56. The van der Waals surface area contributed by atoms with Gasteiger partial charge in [-0.25, -0.2) is 0 Å². The summed E-state index contributed by atoms with van der Waals surface area (Å²) in [4.78, 5) is 4.15. The number of guanidine groups is 1. The minimum absolute atomic E-state index is 0. The highest BCUT2D eigenvalue weighted by atomic mass is 127. The quantitative estimate of drug-likeness (QED) is 0.236. The van der Waals surface area contributed by atoms with E-state index in [9.17, 15) is 8.78 Å². The van der Waals surface area contributed by atoms with Crippen LogP contribution in [0.5, 0.6) is 11.5 Å². The molecule has 0 bridgehead atoms.